The lowest BCUT2D eigenvalue weighted by Gasteiger charge is -2.10. The number of phenolic OH excluding ortho intramolecular Hbond substituents is 1. The zero-order valence-corrected chi connectivity index (χ0v) is 15.3. The van der Waals surface area contributed by atoms with Crippen LogP contribution in [-0.4, -0.2) is 33.5 Å². The molecule has 8 heteroatoms. The van der Waals surface area contributed by atoms with E-state index in [2.05, 4.69) is 10.5 Å². The molecule has 0 atom stereocenters. The molecule has 0 unspecified atom stereocenters. The average Bonchev–Trinajstić information content (AvgIpc) is 2.69. The van der Waals surface area contributed by atoms with Gasteiger partial charge in [-0.05, 0) is 42.8 Å². The van der Waals surface area contributed by atoms with E-state index in [1.807, 2.05) is 0 Å². The van der Waals surface area contributed by atoms with Crippen molar-refractivity contribution in [3.05, 3.63) is 63.9 Å². The van der Waals surface area contributed by atoms with Gasteiger partial charge in [0.05, 0.1) is 18.3 Å². The highest BCUT2D eigenvalue weighted by atomic mass is 16.5. The number of hydrazone groups is 1. The molecule has 3 rings (SSSR count). The first-order valence-electron chi connectivity index (χ1n) is 8.54. The fourth-order valence-corrected chi connectivity index (χ4v) is 2.79. The number of carbonyl (C=O) groups excluding carboxylic acids is 1. The predicted molar refractivity (Wildman–Crippen MR) is 105 cm³/mol. The number of aryl methyl sites for hydroxylation is 1. The van der Waals surface area contributed by atoms with Crippen LogP contribution in [0.2, 0.25) is 0 Å². The van der Waals surface area contributed by atoms with E-state index in [9.17, 15) is 19.8 Å². The van der Waals surface area contributed by atoms with Crippen LogP contribution in [0.3, 0.4) is 0 Å². The highest BCUT2D eigenvalue weighted by Crippen LogP contribution is 2.27. The van der Waals surface area contributed by atoms with Gasteiger partial charge in [-0.25, -0.2) is 5.43 Å². The third-order valence-electron chi connectivity index (χ3n) is 4.17. The van der Waals surface area contributed by atoms with Gasteiger partial charge in [-0.2, -0.15) is 5.10 Å². The van der Waals surface area contributed by atoms with Crippen molar-refractivity contribution in [3.63, 3.8) is 0 Å². The van der Waals surface area contributed by atoms with Crippen LogP contribution in [0.25, 0.3) is 10.9 Å². The fraction of sp³-hybridized carbons (Fsp3) is 0.150. The zero-order valence-electron chi connectivity index (χ0n) is 15.3. The number of aromatic nitrogens is 1. The SMILES string of the molecule is CCOc1cc(C=NNC(=O)c2c(O)c3ccccc3n(C)c2=O)ccc1O. The van der Waals surface area contributed by atoms with E-state index >= 15 is 0 Å². The molecule has 0 aliphatic rings. The largest absolute Gasteiger partial charge is 0.506 e. The van der Waals surface area contributed by atoms with Crippen LogP contribution in [0, 0.1) is 0 Å². The van der Waals surface area contributed by atoms with E-state index < -0.39 is 17.2 Å². The predicted octanol–water partition coefficient (Wildman–Crippen LogP) is 2.11. The molecule has 3 N–H and O–H groups in total. The van der Waals surface area contributed by atoms with Crippen LogP contribution in [-0.2, 0) is 7.05 Å². The Hall–Kier alpha value is -3.81. The van der Waals surface area contributed by atoms with Gasteiger partial charge < -0.3 is 19.5 Å². The molecule has 28 heavy (non-hydrogen) atoms. The molecule has 0 radical (unpaired) electrons. The molecule has 0 spiro atoms. The van der Waals surface area contributed by atoms with E-state index in [4.69, 9.17) is 4.74 Å². The van der Waals surface area contributed by atoms with Crippen LogP contribution >= 0.6 is 0 Å². The Kier molecular flexibility index (Phi) is 5.30. The topological polar surface area (TPSA) is 113 Å². The van der Waals surface area contributed by atoms with Crippen molar-refractivity contribution >= 4 is 23.0 Å². The van der Waals surface area contributed by atoms with Crippen molar-refractivity contribution in [2.45, 2.75) is 6.92 Å². The Labute approximate surface area is 160 Å². The summed E-state index contributed by atoms with van der Waals surface area (Å²) in [7, 11) is 1.52. The smallest absolute Gasteiger partial charge is 0.280 e. The summed E-state index contributed by atoms with van der Waals surface area (Å²) in [4.78, 5) is 24.9. The van der Waals surface area contributed by atoms with Gasteiger partial charge in [0.15, 0.2) is 11.5 Å². The summed E-state index contributed by atoms with van der Waals surface area (Å²) in [6, 6.07) is 11.3. The maximum atomic E-state index is 12.5. The summed E-state index contributed by atoms with van der Waals surface area (Å²) in [6.45, 7) is 2.17. The third-order valence-corrected chi connectivity index (χ3v) is 4.17. The molecule has 0 saturated carbocycles. The number of rotatable bonds is 5. The monoisotopic (exact) mass is 381 g/mol. The van der Waals surface area contributed by atoms with Gasteiger partial charge in [-0.1, -0.05) is 12.1 Å². The molecule has 0 aliphatic carbocycles. The number of para-hydroxylation sites is 1. The van der Waals surface area contributed by atoms with Crippen LogP contribution < -0.4 is 15.7 Å². The summed E-state index contributed by atoms with van der Waals surface area (Å²) in [5.41, 5.74) is 2.30. The number of phenols is 1. The Morgan fingerprint density at radius 1 is 1.25 bits per heavy atom. The van der Waals surface area contributed by atoms with Gasteiger partial charge in [0.2, 0.25) is 0 Å². The molecule has 8 nitrogen and oxygen atoms in total. The van der Waals surface area contributed by atoms with Crippen molar-refractivity contribution in [1.29, 1.82) is 0 Å². The normalized spacial score (nSPS) is 11.1. The first-order chi connectivity index (χ1) is 13.4. The number of pyridine rings is 1. The minimum atomic E-state index is -0.830. The van der Waals surface area contributed by atoms with E-state index in [1.165, 1.54) is 23.9 Å². The summed E-state index contributed by atoms with van der Waals surface area (Å²) in [5, 5.41) is 24.3. The van der Waals surface area contributed by atoms with E-state index in [-0.39, 0.29) is 11.3 Å². The van der Waals surface area contributed by atoms with E-state index in [1.54, 1.807) is 43.3 Å². The molecule has 0 bridgehead atoms. The molecule has 3 aromatic rings. The lowest BCUT2D eigenvalue weighted by molar-refractivity contribution is 0.0950. The number of hydrogen-bond donors (Lipinski definition) is 3. The van der Waals surface area contributed by atoms with Gasteiger partial charge in [0.1, 0.15) is 11.3 Å². The third kappa shape index (κ3) is 3.52. The number of aromatic hydroxyl groups is 2. The Morgan fingerprint density at radius 2 is 2.00 bits per heavy atom. The summed E-state index contributed by atoms with van der Waals surface area (Å²) < 4.78 is 6.58. The number of amides is 1. The Bertz CT molecular complexity index is 1130. The first-order valence-corrected chi connectivity index (χ1v) is 8.54. The lowest BCUT2D eigenvalue weighted by atomic mass is 10.1. The fourth-order valence-electron chi connectivity index (χ4n) is 2.79. The molecule has 0 fully saturated rings. The highest BCUT2D eigenvalue weighted by Gasteiger charge is 2.20. The summed E-state index contributed by atoms with van der Waals surface area (Å²) in [5.74, 6) is -0.940. The molecule has 2 aromatic carbocycles. The second-order valence-corrected chi connectivity index (χ2v) is 5.96. The van der Waals surface area contributed by atoms with Crippen LogP contribution in [0.15, 0.2) is 52.4 Å². The molecule has 1 amide bonds. The van der Waals surface area contributed by atoms with Crippen molar-refractivity contribution in [2.24, 2.45) is 12.1 Å². The number of fused-ring (bicyclic) bond motifs is 1. The van der Waals surface area contributed by atoms with E-state index in [0.717, 1.165) is 0 Å². The summed E-state index contributed by atoms with van der Waals surface area (Å²) >= 11 is 0. The number of benzene rings is 2. The lowest BCUT2D eigenvalue weighted by Crippen LogP contribution is -2.30. The number of nitrogens with zero attached hydrogens (tertiary/aromatic N) is 2. The second kappa shape index (κ2) is 7.83. The van der Waals surface area contributed by atoms with Crippen LogP contribution in [0.5, 0.6) is 17.2 Å². The second-order valence-electron chi connectivity index (χ2n) is 5.96. The molecule has 144 valence electrons. The van der Waals surface area contributed by atoms with Crippen LogP contribution in [0.1, 0.15) is 22.8 Å². The quantitative estimate of drug-likeness (QED) is 0.463. The maximum Gasteiger partial charge on any atom is 0.280 e. The van der Waals surface area contributed by atoms with Gasteiger partial charge in [-0.15, -0.1) is 0 Å². The minimum absolute atomic E-state index is 0.00683. The first kappa shape index (κ1) is 19.0. The van der Waals surface area contributed by atoms with Crippen molar-refractivity contribution in [2.75, 3.05) is 6.61 Å². The molecule has 0 aliphatic heterocycles. The molecule has 1 aromatic heterocycles. The number of nitrogens with one attached hydrogen (secondary N) is 1. The molecular weight excluding hydrogens is 362 g/mol. The average molecular weight is 381 g/mol. The zero-order chi connectivity index (χ0) is 20.3. The Morgan fingerprint density at radius 3 is 2.75 bits per heavy atom. The molecule has 0 saturated heterocycles. The number of ether oxygens (including phenoxy) is 1. The standard InChI is InChI=1S/C20H19N3O5/c1-3-28-16-10-12(8-9-15(16)24)11-21-22-19(26)17-18(25)13-6-4-5-7-14(13)23(2)20(17)27/h4-11,24-25H,3H2,1-2H3,(H,22,26). The minimum Gasteiger partial charge on any atom is -0.506 e. The van der Waals surface area contributed by atoms with Gasteiger partial charge >= 0.3 is 0 Å². The van der Waals surface area contributed by atoms with Gasteiger partial charge in [0, 0.05) is 12.4 Å². The number of carbonyl (C=O) groups is 1. The Balaban J connectivity index is 1.87. The molecular formula is C20H19N3O5. The maximum absolute atomic E-state index is 12.5. The van der Waals surface area contributed by atoms with Crippen LogP contribution in [0.4, 0.5) is 0 Å². The van der Waals surface area contributed by atoms with Crippen molar-refractivity contribution < 1.29 is 19.7 Å². The van der Waals surface area contributed by atoms with Gasteiger partial charge in [-0.3, -0.25) is 9.59 Å². The highest BCUT2D eigenvalue weighted by molar-refractivity contribution is 6.02. The number of hydrogen-bond acceptors (Lipinski definition) is 6. The summed E-state index contributed by atoms with van der Waals surface area (Å²) in [6.07, 6.45) is 1.34. The van der Waals surface area contributed by atoms with Gasteiger partial charge in [0.25, 0.3) is 11.5 Å². The van der Waals surface area contributed by atoms with Crippen molar-refractivity contribution in [1.82, 2.24) is 9.99 Å². The molecule has 1 heterocycles. The van der Waals surface area contributed by atoms with Crippen molar-refractivity contribution in [3.8, 4) is 17.2 Å². The van der Waals surface area contributed by atoms with E-state index in [0.29, 0.717) is 28.8 Å².